The number of furan rings is 1. The average Bonchev–Trinajstić information content (AvgIpc) is 3.27. The molecule has 0 radical (unpaired) electrons. The lowest BCUT2D eigenvalue weighted by atomic mass is 10.2. The van der Waals surface area contributed by atoms with Crippen LogP contribution in [0.4, 0.5) is 11.7 Å². The molecule has 118 valence electrons. The topological polar surface area (TPSA) is 103 Å². The van der Waals surface area contributed by atoms with Crippen molar-refractivity contribution in [2.24, 2.45) is 7.05 Å². The lowest BCUT2D eigenvalue weighted by Crippen LogP contribution is -2.19. The summed E-state index contributed by atoms with van der Waals surface area (Å²) in [5.41, 5.74) is 1.20. The predicted octanol–water partition coefficient (Wildman–Crippen LogP) is 2.13. The molecule has 3 aromatic rings. The molecule has 0 N–H and O–H groups in total. The molecule has 4 heterocycles. The Morgan fingerprint density at radius 2 is 2.04 bits per heavy atom. The van der Waals surface area contributed by atoms with Gasteiger partial charge in [-0.15, -0.1) is 0 Å². The summed E-state index contributed by atoms with van der Waals surface area (Å²) in [4.78, 5) is 21.2. The summed E-state index contributed by atoms with van der Waals surface area (Å²) in [5.74, 6) is 0.838. The summed E-state index contributed by atoms with van der Waals surface area (Å²) in [7, 11) is 1.78. The second-order valence-electron chi connectivity index (χ2n) is 5.46. The third-order valence-corrected chi connectivity index (χ3v) is 4.01. The fourth-order valence-corrected chi connectivity index (χ4v) is 2.97. The number of hydrogen-bond donors (Lipinski definition) is 0. The van der Waals surface area contributed by atoms with E-state index in [1.165, 1.54) is 12.4 Å². The molecule has 9 nitrogen and oxygen atoms in total. The molecule has 0 aromatic carbocycles. The third kappa shape index (κ3) is 2.12. The smallest absolute Gasteiger partial charge is 0.399 e. The molecule has 0 bridgehead atoms. The van der Waals surface area contributed by atoms with Gasteiger partial charge in [-0.2, -0.15) is 5.10 Å². The molecule has 4 rings (SSSR count). The first kappa shape index (κ1) is 13.7. The minimum absolute atomic E-state index is 0.307. The van der Waals surface area contributed by atoms with E-state index in [9.17, 15) is 10.1 Å². The third-order valence-electron chi connectivity index (χ3n) is 4.01. The average molecular weight is 314 g/mol. The Kier molecular flexibility index (Phi) is 3.00. The number of nitrogens with zero attached hydrogens (tertiary/aromatic N) is 6. The van der Waals surface area contributed by atoms with Crippen LogP contribution in [0.5, 0.6) is 0 Å². The number of anilines is 1. The summed E-state index contributed by atoms with van der Waals surface area (Å²) < 4.78 is 6.96. The Bertz CT molecular complexity index is 893. The van der Waals surface area contributed by atoms with Gasteiger partial charge in [0.1, 0.15) is 22.8 Å². The highest BCUT2D eigenvalue weighted by Gasteiger charge is 2.25. The quantitative estimate of drug-likeness (QED) is 0.539. The number of hydrogen-bond acceptors (Lipinski definition) is 7. The summed E-state index contributed by atoms with van der Waals surface area (Å²) in [6.45, 7) is 1.86. The summed E-state index contributed by atoms with van der Waals surface area (Å²) in [6, 6.07) is 2.88. The molecule has 0 aliphatic carbocycles. The van der Waals surface area contributed by atoms with Crippen LogP contribution in [-0.2, 0) is 7.05 Å². The van der Waals surface area contributed by atoms with Gasteiger partial charge < -0.3 is 9.32 Å². The van der Waals surface area contributed by atoms with Gasteiger partial charge in [0.25, 0.3) is 0 Å². The predicted molar refractivity (Wildman–Crippen MR) is 82.1 cm³/mol. The van der Waals surface area contributed by atoms with Crippen molar-refractivity contribution in [3.8, 4) is 11.5 Å². The van der Waals surface area contributed by atoms with E-state index in [-0.39, 0.29) is 5.88 Å². The summed E-state index contributed by atoms with van der Waals surface area (Å²) >= 11 is 0. The van der Waals surface area contributed by atoms with Crippen LogP contribution in [0.3, 0.4) is 0 Å². The van der Waals surface area contributed by atoms with Crippen LogP contribution < -0.4 is 4.90 Å². The van der Waals surface area contributed by atoms with E-state index in [0.717, 1.165) is 37.1 Å². The molecule has 9 heteroatoms. The number of nitro groups is 1. The van der Waals surface area contributed by atoms with E-state index in [0.29, 0.717) is 17.1 Å². The van der Waals surface area contributed by atoms with Crippen molar-refractivity contribution < 1.29 is 9.34 Å². The normalized spacial score (nSPS) is 14.7. The van der Waals surface area contributed by atoms with Gasteiger partial charge in [-0.1, -0.05) is 0 Å². The molecular formula is C14H14N6O3. The van der Waals surface area contributed by atoms with Crippen molar-refractivity contribution in [2.75, 3.05) is 18.0 Å². The molecule has 1 aliphatic heterocycles. The highest BCUT2D eigenvalue weighted by molar-refractivity contribution is 5.98. The van der Waals surface area contributed by atoms with Gasteiger partial charge in [0.2, 0.25) is 0 Å². The van der Waals surface area contributed by atoms with Crippen LogP contribution in [-0.4, -0.2) is 37.8 Å². The Hall–Kier alpha value is -2.97. The van der Waals surface area contributed by atoms with E-state index in [2.05, 4.69) is 20.0 Å². The minimum Gasteiger partial charge on any atom is -0.399 e. The van der Waals surface area contributed by atoms with Crippen molar-refractivity contribution in [3.05, 3.63) is 28.6 Å². The lowest BCUT2D eigenvalue weighted by Gasteiger charge is -2.16. The van der Waals surface area contributed by atoms with E-state index >= 15 is 0 Å². The molecule has 0 amide bonds. The van der Waals surface area contributed by atoms with E-state index in [1.54, 1.807) is 17.8 Å². The van der Waals surface area contributed by atoms with Gasteiger partial charge in [0, 0.05) is 20.1 Å². The van der Waals surface area contributed by atoms with E-state index < -0.39 is 4.92 Å². The monoisotopic (exact) mass is 314 g/mol. The Morgan fingerprint density at radius 3 is 2.74 bits per heavy atom. The highest BCUT2D eigenvalue weighted by atomic mass is 16.6. The molecule has 0 spiro atoms. The first-order valence-corrected chi connectivity index (χ1v) is 7.32. The van der Waals surface area contributed by atoms with Crippen molar-refractivity contribution >= 4 is 22.7 Å². The van der Waals surface area contributed by atoms with Gasteiger partial charge in [0.05, 0.1) is 11.5 Å². The molecule has 0 unspecified atom stereocenters. The van der Waals surface area contributed by atoms with Crippen LogP contribution in [0, 0.1) is 10.1 Å². The first-order valence-electron chi connectivity index (χ1n) is 7.32. The van der Waals surface area contributed by atoms with Crippen LogP contribution >= 0.6 is 0 Å². The van der Waals surface area contributed by atoms with Gasteiger partial charge >= 0.3 is 5.88 Å². The Balaban J connectivity index is 1.93. The molecular weight excluding hydrogens is 300 g/mol. The summed E-state index contributed by atoms with van der Waals surface area (Å²) in [5, 5.41) is 16.0. The number of aryl methyl sites for hydroxylation is 1. The highest BCUT2D eigenvalue weighted by Crippen LogP contribution is 2.35. The second kappa shape index (κ2) is 5.04. The zero-order chi connectivity index (χ0) is 16.0. The van der Waals surface area contributed by atoms with Crippen molar-refractivity contribution in [1.82, 2.24) is 19.7 Å². The van der Waals surface area contributed by atoms with Gasteiger partial charge in [-0.05, 0) is 18.9 Å². The van der Waals surface area contributed by atoms with Crippen molar-refractivity contribution in [2.45, 2.75) is 12.8 Å². The Labute approximate surface area is 130 Å². The zero-order valence-electron chi connectivity index (χ0n) is 12.5. The number of rotatable bonds is 3. The maximum absolute atomic E-state index is 10.8. The SMILES string of the molecule is Cn1nc(-c2ccc([N+](=O)[O-])o2)c2c(N3CCCC3)ncnc21. The van der Waals surface area contributed by atoms with E-state index in [4.69, 9.17) is 4.42 Å². The van der Waals surface area contributed by atoms with Crippen LogP contribution in [0.15, 0.2) is 22.9 Å². The standard InChI is InChI=1S/C14H14N6O3/c1-18-13-11(14(16-8-15-13)19-6-2-3-7-19)12(17-18)9-4-5-10(23-9)20(21)22/h4-5,8H,2-3,6-7H2,1H3. The molecule has 1 fully saturated rings. The van der Waals surface area contributed by atoms with E-state index in [1.807, 2.05) is 0 Å². The summed E-state index contributed by atoms with van der Waals surface area (Å²) in [6.07, 6.45) is 3.76. The lowest BCUT2D eigenvalue weighted by molar-refractivity contribution is -0.401. The fraction of sp³-hybridized carbons (Fsp3) is 0.357. The molecule has 1 aliphatic rings. The molecule has 23 heavy (non-hydrogen) atoms. The second-order valence-corrected chi connectivity index (χ2v) is 5.46. The molecule has 1 saturated heterocycles. The zero-order valence-corrected chi connectivity index (χ0v) is 12.5. The minimum atomic E-state index is -0.563. The van der Waals surface area contributed by atoms with Crippen LogP contribution in [0.1, 0.15) is 12.8 Å². The number of fused-ring (bicyclic) bond motifs is 1. The van der Waals surface area contributed by atoms with Gasteiger partial charge in [-0.25, -0.2) is 14.6 Å². The molecule has 3 aromatic heterocycles. The molecule has 0 atom stereocenters. The van der Waals surface area contributed by atoms with Crippen LogP contribution in [0.2, 0.25) is 0 Å². The largest absolute Gasteiger partial charge is 0.433 e. The van der Waals surface area contributed by atoms with Crippen molar-refractivity contribution in [3.63, 3.8) is 0 Å². The fourth-order valence-electron chi connectivity index (χ4n) is 2.97. The maximum Gasteiger partial charge on any atom is 0.433 e. The number of aromatic nitrogens is 4. The van der Waals surface area contributed by atoms with Gasteiger partial charge in [-0.3, -0.25) is 10.1 Å². The molecule has 0 saturated carbocycles. The van der Waals surface area contributed by atoms with Crippen molar-refractivity contribution in [1.29, 1.82) is 0 Å². The Morgan fingerprint density at radius 1 is 1.26 bits per heavy atom. The van der Waals surface area contributed by atoms with Gasteiger partial charge in [0.15, 0.2) is 11.4 Å². The van der Waals surface area contributed by atoms with Crippen LogP contribution in [0.25, 0.3) is 22.5 Å². The first-order chi connectivity index (χ1) is 11.1. The maximum atomic E-state index is 10.8.